The van der Waals surface area contributed by atoms with Gasteiger partial charge in [-0.2, -0.15) is 0 Å². The van der Waals surface area contributed by atoms with Gasteiger partial charge < -0.3 is 5.32 Å². The number of halogens is 1. The summed E-state index contributed by atoms with van der Waals surface area (Å²) in [6, 6.07) is 6.33. The summed E-state index contributed by atoms with van der Waals surface area (Å²) in [5.41, 5.74) is 0.166. The van der Waals surface area contributed by atoms with Crippen LogP contribution >= 0.6 is 11.6 Å². The van der Waals surface area contributed by atoms with Crippen molar-refractivity contribution in [3.05, 3.63) is 24.4 Å². The largest absolute Gasteiger partial charge is 0.367 e. The predicted molar refractivity (Wildman–Crippen MR) is 59.7 cm³/mol. The Kier molecular flexibility index (Phi) is 2.40. The molecule has 1 aromatic heterocycles. The minimum atomic E-state index is 0.166. The van der Waals surface area contributed by atoms with Gasteiger partial charge in [0.1, 0.15) is 5.82 Å². The Bertz CT molecular complexity index is 310. The maximum absolute atomic E-state index is 6.14. The second-order valence-electron chi connectivity index (χ2n) is 4.44. The van der Waals surface area contributed by atoms with Crippen molar-refractivity contribution in [2.24, 2.45) is 5.41 Å². The molecule has 3 heteroatoms. The monoisotopic (exact) mass is 210 g/mol. The summed E-state index contributed by atoms with van der Waals surface area (Å²) in [4.78, 5) is 4.24. The molecule has 76 valence electrons. The van der Waals surface area contributed by atoms with Crippen molar-refractivity contribution in [3.8, 4) is 0 Å². The molecule has 0 bridgehead atoms. The molecule has 2 rings (SSSR count). The first-order chi connectivity index (χ1) is 6.60. The Labute approximate surface area is 89.7 Å². The molecule has 0 aliphatic heterocycles. The van der Waals surface area contributed by atoms with Gasteiger partial charge >= 0.3 is 0 Å². The maximum atomic E-state index is 6.14. The second kappa shape index (κ2) is 3.43. The van der Waals surface area contributed by atoms with E-state index >= 15 is 0 Å². The first-order valence-electron chi connectivity index (χ1n) is 4.92. The third-order valence-electron chi connectivity index (χ3n) is 3.14. The molecule has 2 atom stereocenters. The standard InChI is InChI=1S/C11H15ClN2/c1-11(2)8(12)7-9(11)14-10-5-3-4-6-13-10/h3-6,8-9H,7H2,1-2H3,(H,13,14). The van der Waals surface area contributed by atoms with Gasteiger partial charge in [-0.1, -0.05) is 19.9 Å². The molecule has 0 saturated heterocycles. The van der Waals surface area contributed by atoms with Crippen LogP contribution in [-0.4, -0.2) is 16.4 Å². The molecule has 0 radical (unpaired) electrons. The lowest BCUT2D eigenvalue weighted by atomic mass is 9.67. The summed E-state index contributed by atoms with van der Waals surface area (Å²) in [6.45, 7) is 4.38. The fourth-order valence-corrected chi connectivity index (χ4v) is 2.07. The number of rotatable bonds is 2. The summed E-state index contributed by atoms with van der Waals surface area (Å²) in [7, 11) is 0. The fraction of sp³-hybridized carbons (Fsp3) is 0.545. The molecule has 2 nitrogen and oxygen atoms in total. The quantitative estimate of drug-likeness (QED) is 0.760. The molecule has 0 spiro atoms. The number of anilines is 1. The van der Waals surface area contributed by atoms with Gasteiger partial charge in [-0.15, -0.1) is 11.6 Å². The number of alkyl halides is 1. The lowest BCUT2D eigenvalue weighted by Crippen LogP contribution is -2.54. The van der Waals surface area contributed by atoms with Crippen molar-refractivity contribution in [1.82, 2.24) is 4.98 Å². The number of hydrogen-bond donors (Lipinski definition) is 1. The predicted octanol–water partition coefficient (Wildman–Crippen LogP) is 2.90. The van der Waals surface area contributed by atoms with Gasteiger partial charge in [-0.3, -0.25) is 0 Å². The van der Waals surface area contributed by atoms with Crippen LogP contribution in [0.15, 0.2) is 24.4 Å². The summed E-state index contributed by atoms with van der Waals surface area (Å²) in [5.74, 6) is 0.939. The normalized spacial score (nSPS) is 29.4. The van der Waals surface area contributed by atoms with Crippen molar-refractivity contribution in [3.63, 3.8) is 0 Å². The van der Waals surface area contributed by atoms with E-state index in [0.717, 1.165) is 12.2 Å². The summed E-state index contributed by atoms with van der Waals surface area (Å²) in [6.07, 6.45) is 2.82. The van der Waals surface area contributed by atoms with E-state index in [0.29, 0.717) is 6.04 Å². The van der Waals surface area contributed by atoms with Gasteiger partial charge in [0.25, 0.3) is 0 Å². The highest BCUT2D eigenvalue weighted by atomic mass is 35.5. The molecule has 0 amide bonds. The Morgan fingerprint density at radius 3 is 2.79 bits per heavy atom. The zero-order valence-electron chi connectivity index (χ0n) is 8.50. The number of nitrogens with zero attached hydrogens (tertiary/aromatic N) is 1. The van der Waals surface area contributed by atoms with E-state index in [1.54, 1.807) is 6.20 Å². The third-order valence-corrected chi connectivity index (χ3v) is 3.88. The van der Waals surface area contributed by atoms with Gasteiger partial charge in [-0.25, -0.2) is 4.98 Å². The van der Waals surface area contributed by atoms with Crippen molar-refractivity contribution < 1.29 is 0 Å². The van der Waals surface area contributed by atoms with Gasteiger partial charge in [0.2, 0.25) is 0 Å². The summed E-state index contributed by atoms with van der Waals surface area (Å²) >= 11 is 6.14. The van der Waals surface area contributed by atoms with Crippen LogP contribution in [0.2, 0.25) is 0 Å². The topological polar surface area (TPSA) is 24.9 Å². The van der Waals surface area contributed by atoms with Gasteiger partial charge in [0.15, 0.2) is 0 Å². The lowest BCUT2D eigenvalue weighted by molar-refractivity contribution is 0.168. The second-order valence-corrected chi connectivity index (χ2v) is 4.96. The van der Waals surface area contributed by atoms with E-state index in [4.69, 9.17) is 11.6 Å². The smallest absolute Gasteiger partial charge is 0.126 e. The minimum Gasteiger partial charge on any atom is -0.367 e. The molecule has 1 heterocycles. The van der Waals surface area contributed by atoms with Crippen LogP contribution in [0.4, 0.5) is 5.82 Å². The van der Waals surface area contributed by atoms with Crippen molar-refractivity contribution in [2.45, 2.75) is 31.7 Å². The molecule has 1 aliphatic rings. The zero-order chi connectivity index (χ0) is 10.2. The molecular weight excluding hydrogens is 196 g/mol. The molecule has 0 aromatic carbocycles. The highest BCUT2D eigenvalue weighted by Crippen LogP contribution is 2.45. The molecular formula is C11H15ClN2. The van der Waals surface area contributed by atoms with Crippen LogP contribution in [0.1, 0.15) is 20.3 Å². The Hall–Kier alpha value is -0.760. The van der Waals surface area contributed by atoms with E-state index in [9.17, 15) is 0 Å². The summed E-state index contributed by atoms with van der Waals surface area (Å²) in [5, 5.41) is 3.68. The van der Waals surface area contributed by atoms with Crippen LogP contribution in [0.25, 0.3) is 0 Å². The van der Waals surface area contributed by atoms with Crippen molar-refractivity contribution >= 4 is 17.4 Å². The molecule has 1 N–H and O–H groups in total. The van der Waals surface area contributed by atoms with Crippen LogP contribution in [-0.2, 0) is 0 Å². The van der Waals surface area contributed by atoms with Crippen LogP contribution in [0.5, 0.6) is 0 Å². The lowest BCUT2D eigenvalue weighted by Gasteiger charge is -2.49. The SMILES string of the molecule is CC1(C)C(Cl)CC1Nc1ccccn1. The molecule has 1 fully saturated rings. The van der Waals surface area contributed by atoms with Crippen LogP contribution in [0, 0.1) is 5.41 Å². The molecule has 1 saturated carbocycles. The number of nitrogens with one attached hydrogen (secondary N) is 1. The average Bonchev–Trinajstić information content (AvgIpc) is 2.19. The first kappa shape index (κ1) is 9.78. The zero-order valence-corrected chi connectivity index (χ0v) is 9.25. The number of hydrogen-bond acceptors (Lipinski definition) is 2. The number of aromatic nitrogens is 1. The third kappa shape index (κ3) is 1.59. The van der Waals surface area contributed by atoms with E-state index in [1.807, 2.05) is 18.2 Å². The highest BCUT2D eigenvalue weighted by molar-refractivity contribution is 6.21. The minimum absolute atomic E-state index is 0.166. The first-order valence-corrected chi connectivity index (χ1v) is 5.36. The van der Waals surface area contributed by atoms with E-state index < -0.39 is 0 Å². The average molecular weight is 211 g/mol. The Balaban J connectivity index is 2.01. The molecule has 2 unspecified atom stereocenters. The van der Waals surface area contributed by atoms with Crippen LogP contribution in [0.3, 0.4) is 0 Å². The van der Waals surface area contributed by atoms with Gasteiger partial charge in [-0.05, 0) is 18.6 Å². The van der Waals surface area contributed by atoms with E-state index in [1.165, 1.54) is 0 Å². The molecule has 1 aliphatic carbocycles. The van der Waals surface area contributed by atoms with E-state index in [-0.39, 0.29) is 10.8 Å². The fourth-order valence-electron chi connectivity index (χ4n) is 1.74. The van der Waals surface area contributed by atoms with E-state index in [2.05, 4.69) is 24.1 Å². The molecule has 14 heavy (non-hydrogen) atoms. The Morgan fingerprint density at radius 2 is 2.29 bits per heavy atom. The highest BCUT2D eigenvalue weighted by Gasteiger charge is 2.47. The van der Waals surface area contributed by atoms with Gasteiger partial charge in [0, 0.05) is 23.0 Å². The number of pyridine rings is 1. The van der Waals surface area contributed by atoms with Crippen molar-refractivity contribution in [1.29, 1.82) is 0 Å². The van der Waals surface area contributed by atoms with Gasteiger partial charge in [0.05, 0.1) is 0 Å². The van der Waals surface area contributed by atoms with Crippen LogP contribution < -0.4 is 5.32 Å². The summed E-state index contributed by atoms with van der Waals surface area (Å²) < 4.78 is 0. The van der Waals surface area contributed by atoms with Crippen molar-refractivity contribution in [2.75, 3.05) is 5.32 Å². The maximum Gasteiger partial charge on any atom is 0.126 e. The Morgan fingerprint density at radius 1 is 1.50 bits per heavy atom. The molecule has 1 aromatic rings.